The third kappa shape index (κ3) is 1.88. The van der Waals surface area contributed by atoms with Crippen LogP contribution in [0.1, 0.15) is 51.4 Å². The lowest BCUT2D eigenvalue weighted by Crippen LogP contribution is -2.64. The lowest BCUT2D eigenvalue weighted by Gasteiger charge is -2.61. The fourth-order valence-corrected chi connectivity index (χ4v) is 6.96. The second-order valence-electron chi connectivity index (χ2n) is 9.21. The van der Waals surface area contributed by atoms with Crippen molar-refractivity contribution < 1.29 is 9.90 Å². The first-order chi connectivity index (χ1) is 10.9. The molecule has 5 nitrogen and oxygen atoms in total. The number of aliphatic hydroxyl groups is 1. The summed E-state index contributed by atoms with van der Waals surface area (Å²) in [7, 11) is 0. The lowest BCUT2D eigenvalue weighted by molar-refractivity contribution is -0.177. The number of nitrogens with two attached hydrogens (primary N) is 1. The van der Waals surface area contributed by atoms with Crippen LogP contribution >= 0.6 is 0 Å². The molecule has 0 spiro atoms. The predicted octanol–water partition coefficient (Wildman–Crippen LogP) is 1.16. The molecule has 1 amide bonds. The van der Waals surface area contributed by atoms with E-state index in [4.69, 9.17) is 5.73 Å². The van der Waals surface area contributed by atoms with Crippen molar-refractivity contribution in [1.82, 2.24) is 4.90 Å². The van der Waals surface area contributed by atoms with Crippen LogP contribution in [0.2, 0.25) is 0 Å². The highest BCUT2D eigenvalue weighted by atomic mass is 16.3. The highest BCUT2D eigenvalue weighted by Crippen LogP contribution is 2.63. The number of piperidine rings is 1. The average Bonchev–Trinajstić information content (AvgIpc) is 3.14. The number of nitriles is 1. The molecular weight excluding hydrogens is 290 g/mol. The molecule has 5 saturated carbocycles. The van der Waals surface area contributed by atoms with Gasteiger partial charge in [-0.25, -0.2) is 0 Å². The summed E-state index contributed by atoms with van der Waals surface area (Å²) >= 11 is 0. The molecule has 0 aromatic heterocycles. The molecule has 1 heterocycles. The van der Waals surface area contributed by atoms with Gasteiger partial charge in [0, 0.05) is 6.04 Å². The Morgan fingerprint density at radius 2 is 1.91 bits per heavy atom. The van der Waals surface area contributed by atoms with Gasteiger partial charge in [-0.1, -0.05) is 0 Å². The fraction of sp³-hybridized carbons (Fsp3) is 0.889. The van der Waals surface area contributed by atoms with Crippen LogP contribution < -0.4 is 5.73 Å². The second kappa shape index (κ2) is 4.29. The van der Waals surface area contributed by atoms with Crippen LogP contribution in [0.15, 0.2) is 0 Å². The van der Waals surface area contributed by atoms with Gasteiger partial charge in [-0.05, 0) is 74.5 Å². The molecule has 6 aliphatic rings. The SMILES string of the molecule is N#CC1CC2C[C@@H]2N1C(=O)[C@@H](N)C12CC3CC(CC(O)(C3)C1)C2. The molecule has 0 aromatic carbocycles. The molecule has 5 aliphatic carbocycles. The predicted molar refractivity (Wildman–Crippen MR) is 82.8 cm³/mol. The van der Waals surface area contributed by atoms with E-state index in [0.717, 1.165) is 38.5 Å². The van der Waals surface area contributed by atoms with E-state index in [1.807, 2.05) is 0 Å². The number of carbonyl (C=O) groups is 1. The van der Waals surface area contributed by atoms with E-state index in [-0.39, 0.29) is 23.4 Å². The molecule has 6 rings (SSSR count). The molecule has 6 atom stereocenters. The number of carbonyl (C=O) groups excluding carboxylic acids is 1. The van der Waals surface area contributed by atoms with Gasteiger partial charge in [0.15, 0.2) is 0 Å². The van der Waals surface area contributed by atoms with Gasteiger partial charge in [-0.2, -0.15) is 5.26 Å². The van der Waals surface area contributed by atoms with E-state index in [1.54, 1.807) is 4.90 Å². The van der Waals surface area contributed by atoms with E-state index in [2.05, 4.69) is 6.07 Å². The van der Waals surface area contributed by atoms with Crippen LogP contribution in [-0.2, 0) is 4.79 Å². The third-order valence-corrected chi connectivity index (χ3v) is 7.51. The Morgan fingerprint density at radius 3 is 2.52 bits per heavy atom. The van der Waals surface area contributed by atoms with E-state index in [9.17, 15) is 15.2 Å². The van der Waals surface area contributed by atoms with Gasteiger partial charge in [0.05, 0.1) is 17.7 Å². The lowest BCUT2D eigenvalue weighted by atomic mass is 9.46. The Bertz CT molecular complexity index is 598. The van der Waals surface area contributed by atoms with Crippen molar-refractivity contribution in [2.75, 3.05) is 0 Å². The summed E-state index contributed by atoms with van der Waals surface area (Å²) in [6.45, 7) is 0. The average molecular weight is 315 g/mol. The quantitative estimate of drug-likeness (QED) is 0.800. The number of nitrogens with zero attached hydrogens (tertiary/aromatic N) is 2. The van der Waals surface area contributed by atoms with Crippen molar-refractivity contribution in [2.24, 2.45) is 28.9 Å². The fourth-order valence-electron chi connectivity index (χ4n) is 6.96. The van der Waals surface area contributed by atoms with Crippen LogP contribution in [-0.4, -0.2) is 39.6 Å². The van der Waals surface area contributed by atoms with Crippen molar-refractivity contribution in [3.63, 3.8) is 0 Å². The highest BCUT2D eigenvalue weighted by molar-refractivity contribution is 5.84. The van der Waals surface area contributed by atoms with Crippen LogP contribution in [0, 0.1) is 34.5 Å². The standard InChI is InChI=1S/C18H25N3O2/c19-8-13-2-12-3-14(12)21(13)16(22)15(20)17-4-10-1-11(5-17)7-18(23,6-10)9-17/h10-15,23H,1-7,9,20H2/t10?,11?,12?,13?,14-,15+,17?,18?/m0/s1. The molecule has 1 aliphatic heterocycles. The maximum Gasteiger partial charge on any atom is 0.241 e. The molecule has 124 valence electrons. The van der Waals surface area contributed by atoms with E-state index in [1.165, 1.54) is 6.42 Å². The van der Waals surface area contributed by atoms with E-state index >= 15 is 0 Å². The number of likely N-dealkylation sites (tertiary alicyclic amines) is 1. The van der Waals surface area contributed by atoms with Gasteiger partial charge in [0.25, 0.3) is 0 Å². The van der Waals surface area contributed by atoms with Crippen LogP contribution in [0.5, 0.6) is 0 Å². The van der Waals surface area contributed by atoms with Crippen molar-refractivity contribution in [3.8, 4) is 6.07 Å². The summed E-state index contributed by atoms with van der Waals surface area (Å²) in [5, 5.41) is 20.2. The Balaban J connectivity index is 1.43. The Hall–Kier alpha value is -1.12. The minimum atomic E-state index is -0.594. The molecule has 0 radical (unpaired) electrons. The summed E-state index contributed by atoms with van der Waals surface area (Å²) in [4.78, 5) is 14.9. The number of rotatable bonds is 2. The molecule has 5 heteroatoms. The van der Waals surface area contributed by atoms with E-state index < -0.39 is 11.6 Å². The maximum absolute atomic E-state index is 13.1. The molecule has 0 aromatic rings. The monoisotopic (exact) mass is 315 g/mol. The second-order valence-corrected chi connectivity index (χ2v) is 9.21. The molecule has 1 saturated heterocycles. The van der Waals surface area contributed by atoms with Crippen molar-refractivity contribution in [3.05, 3.63) is 0 Å². The highest BCUT2D eigenvalue weighted by Gasteiger charge is 2.62. The Morgan fingerprint density at radius 1 is 1.22 bits per heavy atom. The van der Waals surface area contributed by atoms with Gasteiger partial charge in [0.1, 0.15) is 6.04 Å². The first-order valence-corrected chi connectivity index (χ1v) is 9.13. The number of amides is 1. The summed E-state index contributed by atoms with van der Waals surface area (Å²) in [5.74, 6) is 1.56. The first-order valence-electron chi connectivity index (χ1n) is 9.13. The van der Waals surface area contributed by atoms with Crippen molar-refractivity contribution >= 4 is 5.91 Å². The van der Waals surface area contributed by atoms with Gasteiger partial charge in [-0.15, -0.1) is 0 Å². The molecule has 6 fully saturated rings. The zero-order chi connectivity index (χ0) is 16.0. The maximum atomic E-state index is 13.1. The molecule has 3 N–H and O–H groups in total. The van der Waals surface area contributed by atoms with Crippen LogP contribution in [0.3, 0.4) is 0 Å². The number of hydrogen-bond acceptors (Lipinski definition) is 4. The minimum Gasteiger partial charge on any atom is -0.390 e. The summed E-state index contributed by atoms with van der Waals surface area (Å²) in [6.07, 6.45) is 7.48. The molecular formula is C18H25N3O2. The minimum absolute atomic E-state index is 0.0212. The largest absolute Gasteiger partial charge is 0.390 e. The van der Waals surface area contributed by atoms with Crippen molar-refractivity contribution in [2.45, 2.75) is 75.1 Å². The van der Waals surface area contributed by atoms with Gasteiger partial charge >= 0.3 is 0 Å². The summed E-state index contributed by atoms with van der Waals surface area (Å²) < 4.78 is 0. The Kier molecular flexibility index (Phi) is 2.65. The molecule has 4 unspecified atom stereocenters. The number of hydrogen-bond donors (Lipinski definition) is 2. The van der Waals surface area contributed by atoms with E-state index in [0.29, 0.717) is 24.2 Å². The number of fused-ring (bicyclic) bond motifs is 1. The zero-order valence-electron chi connectivity index (χ0n) is 13.4. The van der Waals surface area contributed by atoms with Gasteiger partial charge < -0.3 is 15.7 Å². The zero-order valence-corrected chi connectivity index (χ0v) is 13.4. The van der Waals surface area contributed by atoms with Crippen molar-refractivity contribution in [1.29, 1.82) is 5.26 Å². The summed E-state index contributed by atoms with van der Waals surface area (Å²) in [6, 6.07) is 1.72. The summed E-state index contributed by atoms with van der Waals surface area (Å²) in [5.41, 5.74) is 5.71. The normalized spacial score (nSPS) is 53.8. The Labute approximate surface area is 136 Å². The van der Waals surface area contributed by atoms with Crippen LogP contribution in [0.25, 0.3) is 0 Å². The topological polar surface area (TPSA) is 90.4 Å². The molecule has 23 heavy (non-hydrogen) atoms. The van der Waals surface area contributed by atoms with Crippen LogP contribution in [0.4, 0.5) is 0 Å². The third-order valence-electron chi connectivity index (χ3n) is 7.51. The smallest absolute Gasteiger partial charge is 0.241 e. The molecule has 4 bridgehead atoms. The van der Waals surface area contributed by atoms with Gasteiger partial charge in [-0.3, -0.25) is 4.79 Å². The van der Waals surface area contributed by atoms with Gasteiger partial charge in [0.2, 0.25) is 5.91 Å². The first kappa shape index (κ1) is 14.2.